The van der Waals surface area contributed by atoms with Crippen molar-refractivity contribution in [2.24, 2.45) is 5.73 Å². The number of benzene rings is 2. The highest BCUT2D eigenvalue weighted by Crippen LogP contribution is 2.23. The second-order valence-corrected chi connectivity index (χ2v) is 4.83. The summed E-state index contributed by atoms with van der Waals surface area (Å²) in [5.41, 5.74) is 6.35. The average molecular weight is 308 g/mol. The van der Waals surface area contributed by atoms with Crippen LogP contribution >= 0.6 is 23.8 Å². The van der Waals surface area contributed by atoms with Crippen LogP contribution in [0.25, 0.3) is 0 Å². The fourth-order valence-electron chi connectivity index (χ4n) is 1.66. The van der Waals surface area contributed by atoms with Crippen molar-refractivity contribution >= 4 is 28.8 Å². The van der Waals surface area contributed by atoms with Crippen molar-refractivity contribution in [2.45, 2.75) is 0 Å². The van der Waals surface area contributed by atoms with Crippen molar-refractivity contribution in [3.8, 4) is 11.5 Å². The van der Waals surface area contributed by atoms with Gasteiger partial charge in [0, 0.05) is 0 Å². The Morgan fingerprint density at radius 2 is 1.50 bits per heavy atom. The lowest BCUT2D eigenvalue weighted by Gasteiger charge is -2.11. The van der Waals surface area contributed by atoms with Crippen LogP contribution in [-0.2, 0) is 0 Å². The molecule has 0 saturated carbocycles. The quantitative estimate of drug-likeness (QED) is 0.656. The summed E-state index contributed by atoms with van der Waals surface area (Å²) in [6.07, 6.45) is 0. The molecule has 0 aliphatic carbocycles. The van der Waals surface area contributed by atoms with E-state index in [-0.39, 0.29) is 0 Å². The first kappa shape index (κ1) is 14.6. The molecule has 0 radical (unpaired) electrons. The zero-order chi connectivity index (χ0) is 14.4. The van der Waals surface area contributed by atoms with Gasteiger partial charge in [0.1, 0.15) is 29.7 Å². The van der Waals surface area contributed by atoms with E-state index in [4.69, 9.17) is 39.0 Å². The van der Waals surface area contributed by atoms with Gasteiger partial charge in [0.2, 0.25) is 0 Å². The minimum atomic E-state index is 0.313. The van der Waals surface area contributed by atoms with Crippen LogP contribution in [0.3, 0.4) is 0 Å². The summed E-state index contributed by atoms with van der Waals surface area (Å²) >= 11 is 11.0. The van der Waals surface area contributed by atoms with Gasteiger partial charge in [0.15, 0.2) is 0 Å². The second kappa shape index (κ2) is 7.12. The molecule has 0 saturated heterocycles. The minimum absolute atomic E-state index is 0.313. The summed E-state index contributed by atoms with van der Waals surface area (Å²) in [6, 6.07) is 14.7. The maximum absolute atomic E-state index is 5.99. The number of hydrogen-bond donors (Lipinski definition) is 1. The van der Waals surface area contributed by atoms with Gasteiger partial charge in [0.25, 0.3) is 0 Å². The van der Waals surface area contributed by atoms with Gasteiger partial charge in [-0.2, -0.15) is 0 Å². The number of thiocarbonyl (C=S) groups is 1. The first-order valence-corrected chi connectivity index (χ1v) is 6.86. The van der Waals surface area contributed by atoms with E-state index in [1.807, 2.05) is 42.5 Å². The summed E-state index contributed by atoms with van der Waals surface area (Å²) in [4.78, 5) is 0.313. The average Bonchev–Trinajstić information content (AvgIpc) is 2.45. The summed E-state index contributed by atoms with van der Waals surface area (Å²) in [5.74, 6) is 1.29. The molecule has 2 aromatic carbocycles. The highest BCUT2D eigenvalue weighted by atomic mass is 35.5. The van der Waals surface area contributed by atoms with Gasteiger partial charge in [-0.25, -0.2) is 0 Å². The van der Waals surface area contributed by atoms with Gasteiger partial charge in [0.05, 0.1) is 10.6 Å². The number of nitrogens with two attached hydrogens (primary N) is 1. The number of hydrogen-bond acceptors (Lipinski definition) is 3. The fourth-order valence-corrected chi connectivity index (χ4v) is 2.02. The van der Waals surface area contributed by atoms with Gasteiger partial charge in [-0.15, -0.1) is 0 Å². The lowest BCUT2D eigenvalue weighted by Crippen LogP contribution is -2.14. The Bertz CT molecular complexity index is 604. The predicted molar refractivity (Wildman–Crippen MR) is 84.8 cm³/mol. The van der Waals surface area contributed by atoms with Crippen LogP contribution in [0.5, 0.6) is 11.5 Å². The van der Waals surface area contributed by atoms with Crippen molar-refractivity contribution in [1.82, 2.24) is 0 Å². The van der Waals surface area contributed by atoms with Gasteiger partial charge in [-0.05, 0) is 24.3 Å². The smallest absolute Gasteiger partial charge is 0.138 e. The van der Waals surface area contributed by atoms with E-state index < -0.39 is 0 Å². The maximum atomic E-state index is 5.99. The second-order valence-electron chi connectivity index (χ2n) is 3.99. The molecule has 5 heteroatoms. The van der Waals surface area contributed by atoms with Crippen molar-refractivity contribution < 1.29 is 9.47 Å². The molecule has 0 amide bonds. The summed E-state index contributed by atoms with van der Waals surface area (Å²) in [5, 5.41) is 0.580. The fraction of sp³-hybridized carbons (Fsp3) is 0.133. The molecule has 0 aliphatic heterocycles. The van der Waals surface area contributed by atoms with Crippen LogP contribution in [0.1, 0.15) is 5.56 Å². The maximum Gasteiger partial charge on any atom is 0.138 e. The lowest BCUT2D eigenvalue weighted by atomic mass is 10.2. The first-order chi connectivity index (χ1) is 9.68. The zero-order valence-electron chi connectivity index (χ0n) is 10.7. The highest BCUT2D eigenvalue weighted by molar-refractivity contribution is 7.80. The number of ether oxygens (including phenoxy) is 2. The van der Waals surface area contributed by atoms with E-state index in [0.717, 1.165) is 5.56 Å². The zero-order valence-corrected chi connectivity index (χ0v) is 12.3. The first-order valence-electron chi connectivity index (χ1n) is 6.07. The summed E-state index contributed by atoms with van der Waals surface area (Å²) < 4.78 is 11.2. The predicted octanol–water partition coefficient (Wildman–Crippen LogP) is 3.43. The highest BCUT2D eigenvalue weighted by Gasteiger charge is 2.05. The Labute approximate surface area is 128 Å². The molecule has 0 fully saturated rings. The van der Waals surface area contributed by atoms with Crippen LogP contribution in [0.15, 0.2) is 48.5 Å². The third-order valence-corrected chi connectivity index (χ3v) is 3.12. The van der Waals surface area contributed by atoms with Crippen LogP contribution in [-0.4, -0.2) is 18.2 Å². The van der Waals surface area contributed by atoms with Crippen LogP contribution in [0, 0.1) is 0 Å². The van der Waals surface area contributed by atoms with Crippen LogP contribution in [0.4, 0.5) is 0 Å². The third-order valence-electron chi connectivity index (χ3n) is 2.59. The minimum Gasteiger partial charge on any atom is -0.489 e. The van der Waals surface area contributed by atoms with Gasteiger partial charge < -0.3 is 15.2 Å². The molecule has 20 heavy (non-hydrogen) atoms. The van der Waals surface area contributed by atoms with E-state index in [9.17, 15) is 0 Å². The molecule has 0 bridgehead atoms. The molecule has 0 spiro atoms. The Kier molecular flexibility index (Phi) is 5.21. The van der Waals surface area contributed by atoms with E-state index in [2.05, 4.69) is 0 Å². The van der Waals surface area contributed by atoms with Gasteiger partial charge in [-0.1, -0.05) is 48.1 Å². The molecule has 2 aromatic rings. The van der Waals surface area contributed by atoms with E-state index in [0.29, 0.717) is 34.7 Å². The van der Waals surface area contributed by atoms with Gasteiger partial charge in [-0.3, -0.25) is 0 Å². The molecule has 0 heterocycles. The van der Waals surface area contributed by atoms with Crippen molar-refractivity contribution in [3.63, 3.8) is 0 Å². The SMILES string of the molecule is NC(=S)c1ccccc1OCCOc1ccccc1Cl. The van der Waals surface area contributed by atoms with Gasteiger partial charge >= 0.3 is 0 Å². The molecule has 104 valence electrons. The molecular weight excluding hydrogens is 294 g/mol. The molecule has 0 aromatic heterocycles. The lowest BCUT2D eigenvalue weighted by molar-refractivity contribution is 0.217. The Hall–Kier alpha value is -1.78. The van der Waals surface area contributed by atoms with Crippen molar-refractivity contribution in [3.05, 3.63) is 59.1 Å². The molecule has 3 nitrogen and oxygen atoms in total. The van der Waals surface area contributed by atoms with E-state index in [1.54, 1.807) is 6.07 Å². The summed E-state index contributed by atoms with van der Waals surface area (Å²) in [7, 11) is 0. The normalized spacial score (nSPS) is 10.1. The molecule has 2 rings (SSSR count). The Balaban J connectivity index is 1.88. The molecular formula is C15H14ClNO2S. The summed E-state index contributed by atoms with van der Waals surface area (Å²) in [6.45, 7) is 0.764. The number of para-hydroxylation sites is 2. The molecule has 0 atom stereocenters. The van der Waals surface area contributed by atoms with Crippen LogP contribution < -0.4 is 15.2 Å². The number of rotatable bonds is 6. The molecule has 2 N–H and O–H groups in total. The van der Waals surface area contributed by atoms with E-state index in [1.165, 1.54) is 0 Å². The van der Waals surface area contributed by atoms with Crippen molar-refractivity contribution in [1.29, 1.82) is 0 Å². The Morgan fingerprint density at radius 3 is 2.15 bits per heavy atom. The molecule has 0 aliphatic rings. The standard InChI is InChI=1S/C15H14ClNO2S/c16-12-6-2-4-8-14(12)19-10-9-18-13-7-3-1-5-11(13)15(17)20/h1-8H,9-10H2,(H2,17,20). The third kappa shape index (κ3) is 3.85. The van der Waals surface area contributed by atoms with Crippen LogP contribution in [0.2, 0.25) is 5.02 Å². The monoisotopic (exact) mass is 307 g/mol. The molecule has 0 unspecified atom stereocenters. The van der Waals surface area contributed by atoms with E-state index >= 15 is 0 Å². The largest absolute Gasteiger partial charge is 0.489 e. The topological polar surface area (TPSA) is 44.5 Å². The number of halogens is 1. The Morgan fingerprint density at radius 1 is 0.950 bits per heavy atom. The van der Waals surface area contributed by atoms with Crippen molar-refractivity contribution in [2.75, 3.05) is 13.2 Å².